The van der Waals surface area contributed by atoms with Crippen LogP contribution in [0.2, 0.25) is 6.32 Å². The Hall–Kier alpha value is -2.14. The minimum Gasteiger partial charge on any atom is -0.403 e. The summed E-state index contributed by atoms with van der Waals surface area (Å²) < 4.78 is 22.0. The van der Waals surface area contributed by atoms with Gasteiger partial charge < -0.3 is 28.7 Å². The number of likely N-dealkylation sites (N-methyl/N-ethyl adjacent to an activating group) is 1. The highest BCUT2D eigenvalue weighted by atomic mass is 127. The number of anilines is 1. The molecule has 8 rings (SSSR count). The number of rotatable bonds is 7. The summed E-state index contributed by atoms with van der Waals surface area (Å²) in [5.41, 5.74) is 0.0814. The Morgan fingerprint density at radius 1 is 1.00 bits per heavy atom. The maximum Gasteiger partial charge on any atom is 0.457 e. The molecule has 0 radical (unpaired) electrons. The van der Waals surface area contributed by atoms with Crippen molar-refractivity contribution in [1.82, 2.24) is 29.8 Å². The van der Waals surface area contributed by atoms with Crippen LogP contribution in [-0.4, -0.2) is 96.8 Å². The van der Waals surface area contributed by atoms with E-state index >= 15 is 0 Å². The summed E-state index contributed by atoms with van der Waals surface area (Å²) in [4.78, 5) is 28.9. The lowest BCUT2D eigenvalue weighted by atomic mass is 9.64. The lowest BCUT2D eigenvalue weighted by Gasteiger charge is -2.44. The molecule has 4 fully saturated rings. The fourth-order valence-corrected chi connectivity index (χ4v) is 10.5. The molecule has 3 aromatic rings. The van der Waals surface area contributed by atoms with Crippen LogP contribution in [0, 0.1) is 3.70 Å². The second-order valence-corrected chi connectivity index (χ2v) is 18.7. The standard InChI is InChI=1S/C38H55BIN7O5/c1-23(26-13-11-21-45(26)7)47-34-28(31(40)43-47)33(46-22-37(6,49)19-15-24(46)16-20-39-51-35(2,3)36(4,5)52-39)41-32(42-34)29-25-12-10-18-38(30(25)50-44-29)17-9-8-14-27(38)48/h23-24,26,49H,8-22H2,1-7H3/t23-,24+,26-,37+,38+/m0/s1. The van der Waals surface area contributed by atoms with Crippen molar-refractivity contribution in [3.8, 4) is 11.5 Å². The number of carbonyl (C=O) groups is 1. The Labute approximate surface area is 321 Å². The van der Waals surface area contributed by atoms with Crippen molar-refractivity contribution in [2.75, 3.05) is 25.0 Å². The molecule has 0 amide bonds. The fourth-order valence-electron chi connectivity index (χ4n) is 9.82. The molecule has 12 nitrogen and oxygen atoms in total. The van der Waals surface area contributed by atoms with E-state index in [1.807, 2.05) is 6.92 Å². The Kier molecular flexibility index (Phi) is 9.39. The Balaban J connectivity index is 1.24. The quantitative estimate of drug-likeness (QED) is 0.203. The maximum absolute atomic E-state index is 13.5. The molecule has 1 N–H and O–H groups in total. The zero-order valence-electron chi connectivity index (χ0n) is 32.0. The molecule has 282 valence electrons. The van der Waals surface area contributed by atoms with Gasteiger partial charge in [-0.1, -0.05) is 11.6 Å². The van der Waals surface area contributed by atoms with Crippen molar-refractivity contribution in [3.05, 3.63) is 15.0 Å². The van der Waals surface area contributed by atoms with E-state index in [0.29, 0.717) is 36.9 Å². The summed E-state index contributed by atoms with van der Waals surface area (Å²) in [5, 5.41) is 22.4. The van der Waals surface area contributed by atoms with Crippen molar-refractivity contribution < 1.29 is 23.7 Å². The molecular weight excluding hydrogens is 772 g/mol. The molecule has 3 aliphatic heterocycles. The molecule has 0 bridgehead atoms. The molecular formula is C38H55BIN7O5. The molecule has 2 aliphatic carbocycles. The van der Waals surface area contributed by atoms with Crippen LogP contribution in [0.1, 0.15) is 130 Å². The third-order valence-electron chi connectivity index (χ3n) is 13.5. The van der Waals surface area contributed by atoms with Gasteiger partial charge in [-0.25, -0.2) is 14.6 Å². The average Bonchev–Trinajstić information content (AvgIpc) is 3.85. The summed E-state index contributed by atoms with van der Waals surface area (Å²) in [6.07, 6.45) is 11.1. The minimum atomic E-state index is -0.902. The van der Waals surface area contributed by atoms with Crippen LogP contribution in [0.5, 0.6) is 0 Å². The van der Waals surface area contributed by atoms with Crippen LogP contribution in [0.3, 0.4) is 0 Å². The molecule has 0 aromatic carbocycles. The van der Waals surface area contributed by atoms with Crippen molar-refractivity contribution in [2.24, 2.45) is 0 Å². The first-order valence-corrected chi connectivity index (χ1v) is 20.7. The summed E-state index contributed by atoms with van der Waals surface area (Å²) in [5.74, 6) is 2.26. The number of Topliss-reactive ketones (excluding diaryl/α,β-unsaturated/α-hetero) is 1. The largest absolute Gasteiger partial charge is 0.457 e. The third kappa shape index (κ3) is 6.14. The number of hydrogen-bond acceptors (Lipinski definition) is 11. The second-order valence-electron chi connectivity index (χ2n) is 17.7. The summed E-state index contributed by atoms with van der Waals surface area (Å²) in [7, 11) is 1.89. The van der Waals surface area contributed by atoms with Gasteiger partial charge in [-0.05, 0) is 148 Å². The topological polar surface area (TPSA) is 132 Å². The maximum atomic E-state index is 13.5. The van der Waals surface area contributed by atoms with Gasteiger partial charge in [-0.3, -0.25) is 4.79 Å². The molecule has 5 aliphatic rings. The van der Waals surface area contributed by atoms with Gasteiger partial charge >= 0.3 is 7.12 Å². The molecule has 6 heterocycles. The van der Waals surface area contributed by atoms with Gasteiger partial charge in [0.1, 0.15) is 15.3 Å². The lowest BCUT2D eigenvalue weighted by Crippen LogP contribution is -2.52. The first-order valence-electron chi connectivity index (χ1n) is 19.6. The minimum absolute atomic E-state index is 0.0760. The highest BCUT2D eigenvalue weighted by molar-refractivity contribution is 14.1. The van der Waals surface area contributed by atoms with E-state index < -0.39 is 22.2 Å². The number of β-amino-alcohol motifs (C(OH)–C–C–N with tert-alkyl or cyclic N) is 1. The van der Waals surface area contributed by atoms with Crippen molar-refractivity contribution in [2.45, 2.75) is 165 Å². The fraction of sp³-hybridized carbons (Fsp3) is 0.763. The first-order chi connectivity index (χ1) is 24.6. The summed E-state index contributed by atoms with van der Waals surface area (Å²) >= 11 is 2.34. The molecule has 3 saturated heterocycles. The van der Waals surface area contributed by atoms with E-state index in [1.165, 1.54) is 0 Å². The summed E-state index contributed by atoms with van der Waals surface area (Å²) in [6.45, 7) is 14.0. The van der Waals surface area contributed by atoms with Crippen LogP contribution < -0.4 is 4.90 Å². The number of carbonyl (C=O) groups excluding carboxylic acids is 1. The van der Waals surface area contributed by atoms with E-state index in [4.69, 9.17) is 28.9 Å². The number of likely N-dealkylation sites (tertiary alicyclic amines) is 1. The number of aromatic nitrogens is 5. The molecule has 1 saturated carbocycles. The second kappa shape index (κ2) is 13.3. The predicted molar refractivity (Wildman–Crippen MR) is 208 cm³/mol. The average molecular weight is 828 g/mol. The Bertz CT molecular complexity index is 1840. The van der Waals surface area contributed by atoms with Gasteiger partial charge in [0.15, 0.2) is 22.9 Å². The highest BCUT2D eigenvalue weighted by Crippen LogP contribution is 2.48. The van der Waals surface area contributed by atoms with E-state index in [2.05, 4.69) is 83.9 Å². The van der Waals surface area contributed by atoms with Crippen molar-refractivity contribution in [3.63, 3.8) is 0 Å². The number of halogens is 1. The van der Waals surface area contributed by atoms with Gasteiger partial charge in [0, 0.05) is 30.6 Å². The van der Waals surface area contributed by atoms with Gasteiger partial charge in [0.25, 0.3) is 0 Å². The number of fused-ring (bicyclic) bond motifs is 3. The zero-order chi connectivity index (χ0) is 36.8. The van der Waals surface area contributed by atoms with E-state index in [9.17, 15) is 9.90 Å². The molecule has 3 aromatic heterocycles. The van der Waals surface area contributed by atoms with Crippen LogP contribution in [-0.2, 0) is 25.9 Å². The third-order valence-corrected chi connectivity index (χ3v) is 14.3. The highest BCUT2D eigenvalue weighted by Gasteiger charge is 2.52. The van der Waals surface area contributed by atoms with E-state index in [-0.39, 0.29) is 25.0 Å². The number of piperidine rings is 1. The first kappa shape index (κ1) is 36.8. The van der Waals surface area contributed by atoms with Crippen LogP contribution in [0.15, 0.2) is 4.52 Å². The van der Waals surface area contributed by atoms with Gasteiger partial charge in [-0.2, -0.15) is 5.10 Å². The summed E-state index contributed by atoms with van der Waals surface area (Å²) in [6, 6.07) is 0.491. The molecule has 14 heteroatoms. The normalized spacial score (nSPS) is 31.2. The molecule has 1 spiro atoms. The lowest BCUT2D eigenvalue weighted by molar-refractivity contribution is -0.128. The monoisotopic (exact) mass is 827 g/mol. The molecule has 5 atom stereocenters. The van der Waals surface area contributed by atoms with Crippen LogP contribution in [0.25, 0.3) is 22.6 Å². The van der Waals surface area contributed by atoms with Crippen molar-refractivity contribution in [1.29, 1.82) is 0 Å². The van der Waals surface area contributed by atoms with Crippen LogP contribution >= 0.6 is 22.6 Å². The zero-order valence-corrected chi connectivity index (χ0v) is 34.2. The van der Waals surface area contributed by atoms with E-state index in [1.54, 1.807) is 0 Å². The Morgan fingerprint density at radius 2 is 1.75 bits per heavy atom. The van der Waals surface area contributed by atoms with Gasteiger partial charge in [0.2, 0.25) is 0 Å². The van der Waals surface area contributed by atoms with E-state index in [0.717, 1.165) is 109 Å². The number of ketones is 1. The SMILES string of the molecule is C[C@@H]([C@@H]1CCCN1C)n1nc(I)c2c(N3C[C@](C)(O)CC[C@@H]3CCB3OC(C)(C)C(C)(C)O3)nc(-c3noc4c3CCC[C@@]43CCCCC3=O)nc21. The predicted octanol–water partition coefficient (Wildman–Crippen LogP) is 6.66. The smallest absolute Gasteiger partial charge is 0.403 e. The van der Waals surface area contributed by atoms with Gasteiger partial charge in [-0.15, -0.1) is 0 Å². The van der Waals surface area contributed by atoms with Crippen LogP contribution in [0.4, 0.5) is 5.82 Å². The number of aliphatic hydroxyl groups is 1. The van der Waals surface area contributed by atoms with Gasteiger partial charge in [0.05, 0.1) is 33.6 Å². The molecule has 0 unspecified atom stereocenters. The number of hydrogen-bond donors (Lipinski definition) is 1. The Morgan fingerprint density at radius 3 is 2.46 bits per heavy atom. The van der Waals surface area contributed by atoms with Crippen molar-refractivity contribution >= 4 is 52.3 Å². The molecule has 52 heavy (non-hydrogen) atoms. The number of nitrogens with zero attached hydrogens (tertiary/aromatic N) is 7.